The van der Waals surface area contributed by atoms with E-state index in [1.165, 1.54) is 0 Å². The van der Waals surface area contributed by atoms with Crippen LogP contribution in [0.1, 0.15) is 51.9 Å². The first-order chi connectivity index (χ1) is 9.67. The standard InChI is InChI=1S/C16H26N2O2/c1-2-11-10-18(16(20)12-3-4-12)8-7-13(11)9-15(19)17-14-5-6-14/h11-14H,2-10H2,1H3,(H,17,19). The van der Waals surface area contributed by atoms with Gasteiger partial charge in [0.2, 0.25) is 11.8 Å². The van der Waals surface area contributed by atoms with Crippen molar-refractivity contribution in [2.75, 3.05) is 13.1 Å². The fourth-order valence-corrected chi connectivity index (χ4v) is 3.35. The van der Waals surface area contributed by atoms with Crippen LogP contribution in [0.2, 0.25) is 0 Å². The Morgan fingerprint density at radius 1 is 1.10 bits per heavy atom. The summed E-state index contributed by atoms with van der Waals surface area (Å²) < 4.78 is 0. The van der Waals surface area contributed by atoms with Crippen LogP contribution < -0.4 is 5.32 Å². The van der Waals surface area contributed by atoms with Gasteiger partial charge in [0.25, 0.3) is 0 Å². The molecule has 3 rings (SSSR count). The lowest BCUT2D eigenvalue weighted by atomic mass is 9.81. The van der Waals surface area contributed by atoms with Crippen molar-refractivity contribution in [2.45, 2.75) is 57.9 Å². The molecule has 3 fully saturated rings. The Balaban J connectivity index is 1.50. The average molecular weight is 278 g/mol. The molecule has 0 spiro atoms. The highest BCUT2D eigenvalue weighted by atomic mass is 16.2. The number of rotatable bonds is 5. The second-order valence-corrected chi connectivity index (χ2v) is 6.82. The highest BCUT2D eigenvalue weighted by Crippen LogP contribution is 2.35. The lowest BCUT2D eigenvalue weighted by molar-refractivity contribution is -0.135. The molecular formula is C16H26N2O2. The van der Waals surface area contributed by atoms with Crippen LogP contribution in [-0.2, 0) is 9.59 Å². The second-order valence-electron chi connectivity index (χ2n) is 6.82. The third-order valence-electron chi connectivity index (χ3n) is 5.04. The fraction of sp³-hybridized carbons (Fsp3) is 0.875. The van der Waals surface area contributed by atoms with Crippen LogP contribution in [0.3, 0.4) is 0 Å². The molecule has 112 valence electrons. The fourth-order valence-electron chi connectivity index (χ4n) is 3.35. The predicted molar refractivity (Wildman–Crippen MR) is 77.0 cm³/mol. The minimum atomic E-state index is 0.220. The maximum Gasteiger partial charge on any atom is 0.225 e. The van der Waals surface area contributed by atoms with E-state index in [9.17, 15) is 9.59 Å². The van der Waals surface area contributed by atoms with E-state index < -0.39 is 0 Å². The summed E-state index contributed by atoms with van der Waals surface area (Å²) in [5, 5.41) is 3.09. The van der Waals surface area contributed by atoms with Gasteiger partial charge in [-0.2, -0.15) is 0 Å². The van der Waals surface area contributed by atoms with Crippen LogP contribution >= 0.6 is 0 Å². The minimum absolute atomic E-state index is 0.220. The van der Waals surface area contributed by atoms with E-state index in [4.69, 9.17) is 0 Å². The largest absolute Gasteiger partial charge is 0.353 e. The zero-order valence-electron chi connectivity index (χ0n) is 12.4. The molecule has 2 atom stereocenters. The van der Waals surface area contributed by atoms with Crippen LogP contribution in [0.4, 0.5) is 0 Å². The van der Waals surface area contributed by atoms with Gasteiger partial charge in [-0.15, -0.1) is 0 Å². The summed E-state index contributed by atoms with van der Waals surface area (Å²) in [7, 11) is 0. The molecule has 2 aliphatic carbocycles. The van der Waals surface area contributed by atoms with E-state index in [2.05, 4.69) is 17.1 Å². The summed E-state index contributed by atoms with van der Waals surface area (Å²) in [4.78, 5) is 26.2. The van der Waals surface area contributed by atoms with Crippen molar-refractivity contribution >= 4 is 11.8 Å². The molecule has 4 nitrogen and oxygen atoms in total. The van der Waals surface area contributed by atoms with Crippen LogP contribution in [0.15, 0.2) is 0 Å². The van der Waals surface area contributed by atoms with Crippen molar-refractivity contribution in [3.63, 3.8) is 0 Å². The molecule has 1 saturated heterocycles. The van der Waals surface area contributed by atoms with E-state index in [1.807, 2.05) is 0 Å². The monoisotopic (exact) mass is 278 g/mol. The number of carbonyl (C=O) groups is 2. The molecule has 4 heteroatoms. The number of hydrogen-bond donors (Lipinski definition) is 1. The lowest BCUT2D eigenvalue weighted by Gasteiger charge is -2.38. The molecule has 0 aromatic rings. The number of carbonyl (C=O) groups excluding carboxylic acids is 2. The number of hydrogen-bond acceptors (Lipinski definition) is 2. The molecule has 3 aliphatic rings. The molecule has 2 unspecified atom stereocenters. The van der Waals surface area contributed by atoms with Gasteiger partial charge in [0.05, 0.1) is 0 Å². The van der Waals surface area contributed by atoms with Crippen LogP contribution in [0, 0.1) is 17.8 Å². The maximum absolute atomic E-state index is 12.2. The van der Waals surface area contributed by atoms with Gasteiger partial charge in [-0.3, -0.25) is 9.59 Å². The zero-order valence-corrected chi connectivity index (χ0v) is 12.4. The summed E-state index contributed by atoms with van der Waals surface area (Å²) in [5.41, 5.74) is 0. The summed E-state index contributed by atoms with van der Waals surface area (Å²) in [6, 6.07) is 0.458. The third-order valence-corrected chi connectivity index (χ3v) is 5.04. The molecule has 2 amide bonds. The second kappa shape index (κ2) is 5.74. The van der Waals surface area contributed by atoms with E-state index in [0.29, 0.717) is 36.1 Å². The lowest BCUT2D eigenvalue weighted by Crippen LogP contribution is -2.45. The summed E-state index contributed by atoms with van der Waals surface area (Å²) in [6.07, 6.45) is 7.18. The van der Waals surface area contributed by atoms with Crippen LogP contribution in [0.25, 0.3) is 0 Å². The third kappa shape index (κ3) is 3.33. The van der Waals surface area contributed by atoms with Crippen molar-refractivity contribution in [3.8, 4) is 0 Å². The van der Waals surface area contributed by atoms with Gasteiger partial charge >= 0.3 is 0 Å². The Bertz CT molecular complexity index is 388. The van der Waals surface area contributed by atoms with E-state index in [-0.39, 0.29) is 5.91 Å². The van der Waals surface area contributed by atoms with Gasteiger partial charge in [-0.05, 0) is 43.9 Å². The normalized spacial score (nSPS) is 30.1. The molecular weight excluding hydrogens is 252 g/mol. The van der Waals surface area contributed by atoms with Crippen molar-refractivity contribution in [3.05, 3.63) is 0 Å². The number of nitrogens with one attached hydrogen (secondary N) is 1. The van der Waals surface area contributed by atoms with E-state index in [0.717, 1.165) is 51.6 Å². The van der Waals surface area contributed by atoms with Gasteiger partial charge in [0.1, 0.15) is 0 Å². The highest BCUT2D eigenvalue weighted by molar-refractivity contribution is 5.81. The first-order valence-corrected chi connectivity index (χ1v) is 8.25. The number of likely N-dealkylation sites (tertiary alicyclic amines) is 1. The average Bonchev–Trinajstić information content (AvgIpc) is 3.31. The molecule has 0 aromatic carbocycles. The molecule has 1 aliphatic heterocycles. The summed E-state index contributed by atoms with van der Waals surface area (Å²) in [5.74, 6) is 1.86. The van der Waals surface area contributed by atoms with Crippen molar-refractivity contribution < 1.29 is 9.59 Å². The van der Waals surface area contributed by atoms with E-state index in [1.54, 1.807) is 0 Å². The molecule has 0 radical (unpaired) electrons. The molecule has 20 heavy (non-hydrogen) atoms. The number of amides is 2. The van der Waals surface area contributed by atoms with Gasteiger partial charge in [0, 0.05) is 31.5 Å². The minimum Gasteiger partial charge on any atom is -0.353 e. The Morgan fingerprint density at radius 2 is 1.85 bits per heavy atom. The Labute approximate surface area is 121 Å². The van der Waals surface area contributed by atoms with Crippen molar-refractivity contribution in [1.29, 1.82) is 0 Å². The van der Waals surface area contributed by atoms with E-state index >= 15 is 0 Å². The smallest absolute Gasteiger partial charge is 0.225 e. The van der Waals surface area contributed by atoms with Crippen LogP contribution in [0.5, 0.6) is 0 Å². The van der Waals surface area contributed by atoms with Crippen molar-refractivity contribution in [1.82, 2.24) is 10.2 Å². The number of piperidine rings is 1. The zero-order chi connectivity index (χ0) is 14.1. The maximum atomic E-state index is 12.2. The predicted octanol–water partition coefficient (Wildman–Crippen LogP) is 1.94. The molecule has 0 bridgehead atoms. The Morgan fingerprint density at radius 3 is 2.45 bits per heavy atom. The van der Waals surface area contributed by atoms with Gasteiger partial charge in [0.15, 0.2) is 0 Å². The molecule has 2 saturated carbocycles. The topological polar surface area (TPSA) is 49.4 Å². The number of nitrogens with zero attached hydrogens (tertiary/aromatic N) is 1. The van der Waals surface area contributed by atoms with Gasteiger partial charge in [-0.1, -0.05) is 13.3 Å². The molecule has 0 aromatic heterocycles. The first kappa shape index (κ1) is 13.9. The SMILES string of the molecule is CCC1CN(C(=O)C2CC2)CCC1CC(=O)NC1CC1. The Kier molecular flexibility index (Phi) is 3.99. The van der Waals surface area contributed by atoms with Gasteiger partial charge < -0.3 is 10.2 Å². The van der Waals surface area contributed by atoms with Crippen molar-refractivity contribution in [2.24, 2.45) is 17.8 Å². The molecule has 1 heterocycles. The summed E-state index contributed by atoms with van der Waals surface area (Å²) >= 11 is 0. The van der Waals surface area contributed by atoms with Crippen LogP contribution in [-0.4, -0.2) is 35.8 Å². The highest BCUT2D eigenvalue weighted by Gasteiger charge is 2.38. The first-order valence-electron chi connectivity index (χ1n) is 8.25. The Hall–Kier alpha value is -1.06. The van der Waals surface area contributed by atoms with Gasteiger partial charge in [-0.25, -0.2) is 0 Å². The summed E-state index contributed by atoms with van der Waals surface area (Å²) in [6.45, 7) is 3.90. The molecule has 1 N–H and O–H groups in total. The quantitative estimate of drug-likeness (QED) is 0.835.